The second kappa shape index (κ2) is 7.91. The van der Waals surface area contributed by atoms with Crippen LogP contribution in [0.3, 0.4) is 0 Å². The van der Waals surface area contributed by atoms with Gasteiger partial charge in [-0.25, -0.2) is 0 Å². The molecule has 0 bridgehead atoms. The molecule has 2 aromatic rings. The van der Waals surface area contributed by atoms with Crippen molar-refractivity contribution in [1.82, 2.24) is 5.32 Å². The Morgan fingerprint density at radius 2 is 2.04 bits per heavy atom. The highest BCUT2D eigenvalue weighted by Crippen LogP contribution is 2.25. The van der Waals surface area contributed by atoms with Crippen LogP contribution in [-0.4, -0.2) is 38.1 Å². The molecule has 0 radical (unpaired) electrons. The number of nitrogens with zero attached hydrogens (tertiary/aromatic N) is 1. The van der Waals surface area contributed by atoms with Gasteiger partial charge in [-0.3, -0.25) is 9.59 Å². The van der Waals surface area contributed by atoms with E-state index in [1.807, 2.05) is 55.5 Å². The number of hydrogen-bond acceptors (Lipinski definition) is 4. The van der Waals surface area contributed by atoms with Crippen molar-refractivity contribution < 1.29 is 19.1 Å². The summed E-state index contributed by atoms with van der Waals surface area (Å²) in [7, 11) is 1.59. The maximum Gasteiger partial charge on any atom is 0.258 e. The van der Waals surface area contributed by atoms with Crippen LogP contribution in [0.2, 0.25) is 0 Å². The number of carbonyl (C=O) groups is 2. The maximum absolute atomic E-state index is 12.3. The third-order valence-corrected chi connectivity index (χ3v) is 4.31. The molecule has 26 heavy (non-hydrogen) atoms. The molecule has 1 fully saturated rings. The van der Waals surface area contributed by atoms with E-state index in [0.29, 0.717) is 18.0 Å². The van der Waals surface area contributed by atoms with Crippen molar-refractivity contribution in [3.8, 4) is 11.5 Å². The number of hydrogen-bond donors (Lipinski definition) is 1. The van der Waals surface area contributed by atoms with Gasteiger partial charge in [0, 0.05) is 24.7 Å². The summed E-state index contributed by atoms with van der Waals surface area (Å²) < 4.78 is 10.8. The molecule has 0 aromatic heterocycles. The van der Waals surface area contributed by atoms with E-state index >= 15 is 0 Å². The highest BCUT2D eigenvalue weighted by Gasteiger charge is 2.31. The molecule has 2 aromatic carbocycles. The predicted octanol–water partition coefficient (Wildman–Crippen LogP) is 2.30. The summed E-state index contributed by atoms with van der Waals surface area (Å²) in [5.41, 5.74) is 1.74. The minimum Gasteiger partial charge on any atom is -0.497 e. The zero-order valence-corrected chi connectivity index (χ0v) is 14.9. The molecule has 6 nitrogen and oxygen atoms in total. The summed E-state index contributed by atoms with van der Waals surface area (Å²) >= 11 is 0. The molecule has 0 unspecified atom stereocenters. The van der Waals surface area contributed by atoms with Gasteiger partial charge in [-0.2, -0.15) is 0 Å². The van der Waals surface area contributed by atoms with Crippen LogP contribution in [0.15, 0.2) is 48.5 Å². The molecule has 136 valence electrons. The number of benzene rings is 2. The lowest BCUT2D eigenvalue weighted by Crippen LogP contribution is -2.39. The number of ether oxygens (including phenoxy) is 2. The van der Waals surface area contributed by atoms with E-state index in [0.717, 1.165) is 11.3 Å². The average molecular weight is 354 g/mol. The van der Waals surface area contributed by atoms with Gasteiger partial charge in [0.1, 0.15) is 11.5 Å². The van der Waals surface area contributed by atoms with Gasteiger partial charge in [0.2, 0.25) is 5.91 Å². The molecule has 1 saturated heterocycles. The Morgan fingerprint density at radius 1 is 1.23 bits per heavy atom. The number of methoxy groups -OCH3 is 1. The lowest BCUT2D eigenvalue weighted by molar-refractivity contribution is -0.123. The normalized spacial score (nSPS) is 16.5. The molecule has 1 aliphatic rings. The monoisotopic (exact) mass is 354 g/mol. The van der Waals surface area contributed by atoms with Crippen LogP contribution in [-0.2, 0) is 9.59 Å². The first-order chi connectivity index (χ1) is 12.6. The molecule has 1 aliphatic heterocycles. The molecule has 2 amide bonds. The summed E-state index contributed by atoms with van der Waals surface area (Å²) in [5, 5.41) is 2.87. The smallest absolute Gasteiger partial charge is 0.258 e. The van der Waals surface area contributed by atoms with Crippen LogP contribution in [0, 0.1) is 6.92 Å². The summed E-state index contributed by atoms with van der Waals surface area (Å²) in [6.45, 7) is 2.28. The zero-order valence-electron chi connectivity index (χ0n) is 14.9. The highest BCUT2D eigenvalue weighted by molar-refractivity contribution is 5.97. The van der Waals surface area contributed by atoms with Gasteiger partial charge in [-0.15, -0.1) is 0 Å². The Morgan fingerprint density at radius 3 is 2.81 bits per heavy atom. The minimum atomic E-state index is -0.237. The Balaban J connectivity index is 1.55. The predicted molar refractivity (Wildman–Crippen MR) is 98.6 cm³/mol. The lowest BCUT2D eigenvalue weighted by Gasteiger charge is -2.18. The third kappa shape index (κ3) is 4.14. The van der Waals surface area contributed by atoms with Crippen LogP contribution in [0.25, 0.3) is 0 Å². The first kappa shape index (κ1) is 17.8. The number of carbonyl (C=O) groups excluding carboxylic acids is 2. The largest absolute Gasteiger partial charge is 0.497 e. The van der Waals surface area contributed by atoms with Gasteiger partial charge in [0.25, 0.3) is 5.91 Å². The molecule has 3 rings (SSSR count). The molecular formula is C20H22N2O4. The van der Waals surface area contributed by atoms with Crippen LogP contribution in [0.1, 0.15) is 12.0 Å². The third-order valence-electron chi connectivity index (χ3n) is 4.31. The first-order valence-corrected chi connectivity index (χ1v) is 8.49. The standard InChI is InChI=1S/C20H22N2O4/c1-14-6-3-4-9-18(14)26-13-19(23)21-15-10-20(24)22(12-15)16-7-5-8-17(11-16)25-2/h3-9,11,15H,10,12-13H2,1-2H3,(H,21,23)/t15-/m0/s1. The van der Waals surface area contributed by atoms with E-state index < -0.39 is 0 Å². The maximum atomic E-state index is 12.3. The summed E-state index contributed by atoms with van der Waals surface area (Å²) in [6.07, 6.45) is 0.271. The fraction of sp³-hybridized carbons (Fsp3) is 0.300. The number of amides is 2. The van der Waals surface area contributed by atoms with Crippen molar-refractivity contribution in [2.75, 3.05) is 25.2 Å². The number of nitrogens with one attached hydrogen (secondary N) is 1. The topological polar surface area (TPSA) is 67.9 Å². The van der Waals surface area contributed by atoms with Crippen LogP contribution in [0.5, 0.6) is 11.5 Å². The van der Waals surface area contributed by atoms with Crippen LogP contribution in [0.4, 0.5) is 5.69 Å². The zero-order chi connectivity index (χ0) is 18.5. The number of anilines is 1. The number of rotatable bonds is 6. The molecule has 0 aliphatic carbocycles. The van der Waals surface area contributed by atoms with Gasteiger partial charge in [0.05, 0.1) is 13.2 Å². The van der Waals surface area contributed by atoms with Gasteiger partial charge < -0.3 is 19.7 Å². The lowest BCUT2D eigenvalue weighted by atomic mass is 10.2. The Bertz CT molecular complexity index is 806. The summed E-state index contributed by atoms with van der Waals surface area (Å²) in [6, 6.07) is 14.6. The first-order valence-electron chi connectivity index (χ1n) is 8.49. The van der Waals surface area contributed by atoms with Crippen molar-refractivity contribution >= 4 is 17.5 Å². The minimum absolute atomic E-state index is 0.0247. The molecule has 0 spiro atoms. The highest BCUT2D eigenvalue weighted by atomic mass is 16.5. The Hall–Kier alpha value is -3.02. The molecule has 1 N–H and O–H groups in total. The SMILES string of the molecule is COc1cccc(N2C[C@@H](NC(=O)COc3ccccc3C)CC2=O)c1. The van der Waals surface area contributed by atoms with Crippen molar-refractivity contribution in [1.29, 1.82) is 0 Å². The van der Waals surface area contributed by atoms with E-state index in [1.165, 1.54) is 0 Å². The van der Waals surface area contributed by atoms with E-state index in [4.69, 9.17) is 9.47 Å². The van der Waals surface area contributed by atoms with Gasteiger partial charge in [-0.05, 0) is 30.7 Å². The summed E-state index contributed by atoms with van der Waals surface area (Å²) in [4.78, 5) is 26.1. The van der Waals surface area contributed by atoms with E-state index in [-0.39, 0.29) is 30.9 Å². The van der Waals surface area contributed by atoms with Crippen molar-refractivity contribution in [3.05, 3.63) is 54.1 Å². The van der Waals surface area contributed by atoms with Crippen LogP contribution >= 0.6 is 0 Å². The van der Waals surface area contributed by atoms with E-state index in [2.05, 4.69) is 5.32 Å². The van der Waals surface area contributed by atoms with E-state index in [9.17, 15) is 9.59 Å². The fourth-order valence-electron chi connectivity index (χ4n) is 2.96. The molecular weight excluding hydrogens is 332 g/mol. The quantitative estimate of drug-likeness (QED) is 0.864. The van der Waals surface area contributed by atoms with Gasteiger partial charge in [-0.1, -0.05) is 24.3 Å². The van der Waals surface area contributed by atoms with Gasteiger partial charge in [0.15, 0.2) is 6.61 Å². The Labute approximate surface area is 152 Å². The second-order valence-electron chi connectivity index (χ2n) is 6.23. The number of para-hydroxylation sites is 1. The molecule has 1 atom stereocenters. The van der Waals surface area contributed by atoms with Crippen molar-refractivity contribution in [3.63, 3.8) is 0 Å². The second-order valence-corrected chi connectivity index (χ2v) is 6.23. The Kier molecular flexibility index (Phi) is 5.41. The van der Waals surface area contributed by atoms with Crippen molar-refractivity contribution in [2.45, 2.75) is 19.4 Å². The van der Waals surface area contributed by atoms with Crippen LogP contribution < -0.4 is 19.7 Å². The molecule has 6 heteroatoms. The summed E-state index contributed by atoms with van der Waals surface area (Å²) in [5.74, 6) is 1.11. The fourth-order valence-corrected chi connectivity index (χ4v) is 2.96. The van der Waals surface area contributed by atoms with Crippen molar-refractivity contribution in [2.24, 2.45) is 0 Å². The van der Waals surface area contributed by atoms with E-state index in [1.54, 1.807) is 12.0 Å². The molecule has 1 heterocycles. The average Bonchev–Trinajstić information content (AvgIpc) is 3.01. The van der Waals surface area contributed by atoms with Gasteiger partial charge >= 0.3 is 0 Å². The number of aryl methyl sites for hydroxylation is 1. The molecule has 0 saturated carbocycles.